The van der Waals surface area contributed by atoms with Gasteiger partial charge in [-0.15, -0.1) is 0 Å². The Bertz CT molecular complexity index is 970. The van der Waals surface area contributed by atoms with Crippen molar-refractivity contribution in [3.63, 3.8) is 0 Å². The number of aliphatic hydroxyl groups is 1. The van der Waals surface area contributed by atoms with Crippen molar-refractivity contribution in [2.45, 2.75) is 38.3 Å². The maximum Gasteiger partial charge on any atom is 0.305 e. The highest BCUT2D eigenvalue weighted by atomic mass is 16.4. The van der Waals surface area contributed by atoms with E-state index < -0.39 is 17.5 Å². The molecule has 0 saturated heterocycles. The van der Waals surface area contributed by atoms with Crippen LogP contribution in [-0.4, -0.2) is 77.1 Å². The number of anilines is 1. The predicted octanol–water partition coefficient (Wildman–Crippen LogP) is 1.28. The van der Waals surface area contributed by atoms with Gasteiger partial charge in [-0.25, -0.2) is 0 Å². The molecule has 0 bridgehead atoms. The highest BCUT2D eigenvalue weighted by Crippen LogP contribution is 2.53. The molecule has 0 saturated carbocycles. The fourth-order valence-corrected chi connectivity index (χ4v) is 5.29. The van der Waals surface area contributed by atoms with Crippen LogP contribution >= 0.6 is 0 Å². The maximum atomic E-state index is 13.2. The molecule has 0 fully saturated rings. The smallest absolute Gasteiger partial charge is 0.305 e. The van der Waals surface area contributed by atoms with E-state index in [0.717, 1.165) is 11.1 Å². The Morgan fingerprint density at radius 3 is 2.61 bits per heavy atom. The van der Waals surface area contributed by atoms with Gasteiger partial charge in [-0.3, -0.25) is 19.3 Å². The number of aliphatic carboxylic acids is 1. The lowest BCUT2D eigenvalue weighted by molar-refractivity contribution is -0.140. The van der Waals surface area contributed by atoms with E-state index in [0.29, 0.717) is 30.9 Å². The van der Waals surface area contributed by atoms with Crippen LogP contribution in [0.1, 0.15) is 37.8 Å². The van der Waals surface area contributed by atoms with E-state index in [1.54, 1.807) is 6.07 Å². The van der Waals surface area contributed by atoms with Gasteiger partial charge in [0.15, 0.2) is 5.60 Å². The Labute approximate surface area is 181 Å². The number of carbonyl (C=O) groups is 3. The average Bonchev–Trinajstić information content (AvgIpc) is 2.96. The molecule has 4 rings (SSSR count). The van der Waals surface area contributed by atoms with Gasteiger partial charge in [0.1, 0.15) is 0 Å². The van der Waals surface area contributed by atoms with Crippen molar-refractivity contribution in [1.29, 1.82) is 0 Å². The Balaban J connectivity index is 1.79. The van der Waals surface area contributed by atoms with Crippen LogP contribution < -0.4 is 4.90 Å². The first-order valence-corrected chi connectivity index (χ1v) is 10.8. The lowest BCUT2D eigenvalue weighted by Gasteiger charge is -2.44. The molecule has 0 spiro atoms. The number of benzene rings is 1. The summed E-state index contributed by atoms with van der Waals surface area (Å²) in [5.74, 6) is -1.68. The molecule has 31 heavy (non-hydrogen) atoms. The quantitative estimate of drug-likeness (QED) is 0.709. The molecule has 166 valence electrons. The number of likely N-dealkylation sites (N-methyl/N-ethyl adjacent to an activating group) is 1. The van der Waals surface area contributed by atoms with Gasteiger partial charge in [-0.05, 0) is 38.1 Å². The number of fused-ring (bicyclic) bond motifs is 2. The minimum Gasteiger partial charge on any atom is -0.481 e. The summed E-state index contributed by atoms with van der Waals surface area (Å²) in [5, 5.41) is 20.6. The summed E-state index contributed by atoms with van der Waals surface area (Å²) in [6.45, 7) is 5.75. The van der Waals surface area contributed by atoms with E-state index in [1.807, 2.05) is 48.9 Å². The summed E-state index contributed by atoms with van der Waals surface area (Å²) in [6, 6.07) is 5.26. The fraction of sp³-hybridized carbons (Fsp3) is 0.522. The predicted molar refractivity (Wildman–Crippen MR) is 115 cm³/mol. The highest BCUT2D eigenvalue weighted by Gasteiger charge is 2.56. The second-order valence-electron chi connectivity index (χ2n) is 8.56. The van der Waals surface area contributed by atoms with Gasteiger partial charge in [0.05, 0.1) is 18.0 Å². The van der Waals surface area contributed by atoms with Crippen LogP contribution in [0.15, 0.2) is 24.3 Å². The Morgan fingerprint density at radius 1 is 1.26 bits per heavy atom. The number of nitrogens with zero attached hydrogens (tertiary/aromatic N) is 3. The molecular weight excluding hydrogens is 398 g/mol. The average molecular weight is 428 g/mol. The number of carboxylic acid groups (broad SMARTS) is 1. The Morgan fingerprint density at radius 2 is 1.97 bits per heavy atom. The molecule has 1 aromatic rings. The van der Waals surface area contributed by atoms with Gasteiger partial charge in [0, 0.05) is 44.2 Å². The molecule has 2 N–H and O–H groups in total. The van der Waals surface area contributed by atoms with Crippen molar-refractivity contribution in [1.82, 2.24) is 9.80 Å². The summed E-state index contributed by atoms with van der Waals surface area (Å²) >= 11 is 0. The largest absolute Gasteiger partial charge is 0.481 e. The van der Waals surface area contributed by atoms with Crippen molar-refractivity contribution in [3.8, 4) is 0 Å². The third-order valence-corrected chi connectivity index (χ3v) is 6.84. The van der Waals surface area contributed by atoms with Crippen LogP contribution in [-0.2, 0) is 20.0 Å². The van der Waals surface area contributed by atoms with Gasteiger partial charge in [0.25, 0.3) is 5.91 Å². The van der Waals surface area contributed by atoms with Crippen LogP contribution in [0, 0.1) is 5.92 Å². The van der Waals surface area contributed by atoms with Crippen LogP contribution in [0.2, 0.25) is 0 Å². The third-order valence-electron chi connectivity index (χ3n) is 6.84. The molecule has 2 amide bonds. The second kappa shape index (κ2) is 7.76. The molecule has 0 radical (unpaired) electrons. The first-order valence-electron chi connectivity index (χ1n) is 10.8. The normalized spacial score (nSPS) is 26.9. The standard InChI is InChI=1S/C23H29N3O5/c1-4-25(5-2)21(29)14-11-16-15-7-6-8-17-20(15)23(31,12-18(16)24(3)13-14)22(30)26(17)10-9-19(27)28/h6-8,11,14,18,31H,4-5,9-10,12-13H2,1-3H3,(H,27,28)/t14-,18-,23?/m1/s1. The van der Waals surface area contributed by atoms with E-state index in [-0.39, 0.29) is 37.3 Å². The monoisotopic (exact) mass is 427 g/mol. The third kappa shape index (κ3) is 3.25. The van der Waals surface area contributed by atoms with Gasteiger partial charge in [-0.1, -0.05) is 18.2 Å². The first-order chi connectivity index (χ1) is 14.7. The van der Waals surface area contributed by atoms with Crippen molar-refractivity contribution in [3.05, 3.63) is 35.4 Å². The number of carbonyl (C=O) groups excluding carboxylic acids is 2. The molecule has 8 nitrogen and oxygen atoms in total. The van der Waals surface area contributed by atoms with Crippen molar-refractivity contribution < 1.29 is 24.6 Å². The molecule has 2 aliphatic heterocycles. The number of rotatable bonds is 6. The summed E-state index contributed by atoms with van der Waals surface area (Å²) in [6.07, 6.45) is 2.00. The summed E-state index contributed by atoms with van der Waals surface area (Å²) in [4.78, 5) is 42.6. The van der Waals surface area contributed by atoms with Crippen LogP contribution in [0.3, 0.4) is 0 Å². The summed E-state index contributed by atoms with van der Waals surface area (Å²) in [5.41, 5.74) is 1.14. The van der Waals surface area contributed by atoms with Gasteiger partial charge < -0.3 is 20.0 Å². The van der Waals surface area contributed by atoms with E-state index in [1.165, 1.54) is 4.90 Å². The molecule has 1 unspecified atom stereocenters. The summed E-state index contributed by atoms with van der Waals surface area (Å²) < 4.78 is 0. The van der Waals surface area contributed by atoms with Gasteiger partial charge >= 0.3 is 5.97 Å². The zero-order valence-electron chi connectivity index (χ0n) is 18.2. The lowest BCUT2D eigenvalue weighted by atomic mass is 9.72. The fourth-order valence-electron chi connectivity index (χ4n) is 5.29. The number of amides is 2. The van der Waals surface area contributed by atoms with Crippen LogP contribution in [0.5, 0.6) is 0 Å². The van der Waals surface area contributed by atoms with Gasteiger partial charge in [0.2, 0.25) is 5.91 Å². The molecular formula is C23H29N3O5. The van der Waals surface area contributed by atoms with Crippen molar-refractivity contribution in [2.24, 2.45) is 5.92 Å². The van der Waals surface area contributed by atoms with Crippen LogP contribution in [0.4, 0.5) is 5.69 Å². The molecule has 1 aliphatic carbocycles. The highest BCUT2D eigenvalue weighted by molar-refractivity contribution is 6.10. The van der Waals surface area contributed by atoms with E-state index in [2.05, 4.69) is 0 Å². The Kier molecular flexibility index (Phi) is 5.39. The van der Waals surface area contributed by atoms with Crippen molar-refractivity contribution >= 4 is 29.0 Å². The molecule has 3 aliphatic rings. The first kappa shape index (κ1) is 21.5. The molecule has 3 atom stereocenters. The minimum absolute atomic E-state index is 0.00948. The minimum atomic E-state index is -1.68. The van der Waals surface area contributed by atoms with E-state index in [9.17, 15) is 19.5 Å². The number of hydrogen-bond donors (Lipinski definition) is 2. The summed E-state index contributed by atoms with van der Waals surface area (Å²) in [7, 11) is 1.92. The van der Waals surface area contributed by atoms with E-state index in [4.69, 9.17) is 5.11 Å². The van der Waals surface area contributed by atoms with Gasteiger partial charge in [-0.2, -0.15) is 0 Å². The van der Waals surface area contributed by atoms with E-state index >= 15 is 0 Å². The zero-order chi connectivity index (χ0) is 22.5. The molecule has 0 aromatic heterocycles. The lowest BCUT2D eigenvalue weighted by Crippen LogP contribution is -2.52. The van der Waals surface area contributed by atoms with Crippen molar-refractivity contribution in [2.75, 3.05) is 38.1 Å². The molecule has 8 heteroatoms. The second-order valence-corrected chi connectivity index (χ2v) is 8.56. The topological polar surface area (TPSA) is 101 Å². The van der Waals surface area contributed by atoms with Crippen LogP contribution in [0.25, 0.3) is 5.57 Å². The zero-order valence-corrected chi connectivity index (χ0v) is 18.2. The number of carboxylic acids is 1. The SMILES string of the molecule is CCN(CC)C(=O)[C@@H]1C=C2c3cccc4c3C(O)(C[C@H]2N(C)C1)C(=O)N4CCC(=O)O. The maximum absolute atomic E-state index is 13.2. The molecule has 2 heterocycles. The number of hydrogen-bond acceptors (Lipinski definition) is 5. The Hall–Kier alpha value is -2.71. The molecule has 1 aromatic carbocycles.